The van der Waals surface area contributed by atoms with Crippen LogP contribution in [0, 0.1) is 55.4 Å². The molecule has 716 valence electrons. The summed E-state index contributed by atoms with van der Waals surface area (Å²) in [5, 5.41) is 76.3. The summed E-state index contributed by atoms with van der Waals surface area (Å²) in [5.74, 6) is 1.25. The fourth-order valence-corrected chi connectivity index (χ4v) is 16.6. The van der Waals surface area contributed by atoms with Crippen LogP contribution in [0.2, 0.25) is 0 Å². The van der Waals surface area contributed by atoms with Crippen LogP contribution in [0.3, 0.4) is 0 Å². The molecule has 20 heteroatoms. The summed E-state index contributed by atoms with van der Waals surface area (Å²) in [6.45, 7) is 15.3. The van der Waals surface area contributed by atoms with Gasteiger partial charge in [-0.2, -0.15) is 0 Å². The number of phenols is 6. The summed E-state index contributed by atoms with van der Waals surface area (Å²) < 4.78 is 11.4. The van der Waals surface area contributed by atoms with Crippen LogP contribution in [-0.2, 0) is 0 Å². The van der Waals surface area contributed by atoms with Gasteiger partial charge in [0, 0.05) is 159 Å². The number of methoxy groups -OCH3 is 2. The predicted molar refractivity (Wildman–Crippen MR) is 590 cm³/mol. The minimum Gasteiger partial charge on any atom is -0.507 e. The van der Waals surface area contributed by atoms with Crippen LogP contribution in [0.5, 0.6) is 46.0 Å². The molecule has 16 aromatic carbocycles. The Bertz CT molecular complexity index is 7750. The van der Waals surface area contributed by atoms with E-state index in [1.807, 2.05) is 395 Å². The van der Waals surface area contributed by atoms with E-state index in [0.29, 0.717) is 167 Å². The number of hydrogen-bond donors (Lipinski definition) is 6. The SMILES string of the molecule is COc1cc2cnc(-c3ccccc3)c(-c3ccccc3)ncc3cc(OC)cc(cnc(-c4ccccc4)c(-c4ccccc4)ncc(c1)c2O)c3O.Cc1cc2c(-c3ccccc3)nc3ccccc3nc(-c3ccccc3)c3cc(C)cc(c(-c4ccccc4)nc4ccccc4nc(-c4ccccc4)c(c1)c2O)c3O.Cc1cc2cnc(C)c(C)ncc3cc(C)cc(cnc(C)c(C)ncc(c1)c2O)c3O. The van der Waals surface area contributed by atoms with Crippen molar-refractivity contribution in [2.24, 2.45) is 0 Å². The molecule has 0 saturated carbocycles. The van der Waals surface area contributed by atoms with Crippen LogP contribution in [0.15, 0.2) is 414 Å². The number of fused-ring (bicyclic) bond motifs is 14. The van der Waals surface area contributed by atoms with Gasteiger partial charge in [0.1, 0.15) is 46.0 Å². The first kappa shape index (κ1) is 98.5. The molecule has 19 aromatic rings. The molecule has 3 aromatic heterocycles. The van der Waals surface area contributed by atoms with Crippen LogP contribution in [0.1, 0.15) is 45.0 Å². The monoisotopic (exact) mass is 1910 g/mol. The lowest BCUT2D eigenvalue weighted by molar-refractivity contribution is 0.414. The van der Waals surface area contributed by atoms with E-state index in [9.17, 15) is 30.6 Å². The van der Waals surface area contributed by atoms with Gasteiger partial charge in [-0.1, -0.05) is 267 Å². The second-order valence-electron chi connectivity index (χ2n) is 34.9. The van der Waals surface area contributed by atoms with E-state index in [0.717, 1.165) is 66.8 Å². The molecule has 6 N–H and O–H groups in total. The first-order chi connectivity index (χ1) is 71.1. The molecular formula is C126H104N12O8. The first-order valence-corrected chi connectivity index (χ1v) is 47.4. The zero-order valence-electron chi connectivity index (χ0n) is 82.1. The quantitative estimate of drug-likeness (QED) is 0.0741. The minimum atomic E-state index is -0.0363. The Balaban J connectivity index is 0.000000157. The highest BCUT2D eigenvalue weighted by Crippen LogP contribution is 2.43. The molecule has 0 saturated heterocycles. The second kappa shape index (κ2) is 45.9. The Morgan fingerprint density at radius 1 is 0.171 bits per heavy atom. The van der Waals surface area contributed by atoms with Gasteiger partial charge in [0.25, 0.3) is 0 Å². The number of hydrogen-bond acceptors (Lipinski definition) is 20. The topological polar surface area (TPSA) is 295 Å². The summed E-state index contributed by atoms with van der Waals surface area (Å²) in [6, 6.07) is 116. The highest BCUT2D eigenvalue weighted by molar-refractivity contribution is 6.01. The zero-order valence-corrected chi connectivity index (χ0v) is 82.1. The van der Waals surface area contributed by atoms with E-state index in [-0.39, 0.29) is 34.5 Å². The molecule has 146 heavy (non-hydrogen) atoms. The molecule has 0 unspecified atom stereocenters. The van der Waals surface area contributed by atoms with Crippen molar-refractivity contribution < 1.29 is 40.1 Å². The van der Waals surface area contributed by atoms with Crippen LogP contribution < -0.4 is 9.47 Å². The third-order valence-electron chi connectivity index (χ3n) is 24.4. The summed E-state index contributed by atoms with van der Waals surface area (Å²) in [5.41, 5.74) is 19.7. The van der Waals surface area contributed by atoms with Crippen molar-refractivity contribution in [2.45, 2.75) is 55.4 Å². The Hall–Kier alpha value is -19.1. The summed E-state index contributed by atoms with van der Waals surface area (Å²) >= 11 is 0. The van der Waals surface area contributed by atoms with E-state index >= 15 is 0 Å². The van der Waals surface area contributed by atoms with Gasteiger partial charge in [-0.15, -0.1) is 0 Å². The van der Waals surface area contributed by atoms with Crippen molar-refractivity contribution in [3.63, 3.8) is 0 Å². The zero-order chi connectivity index (χ0) is 102. The summed E-state index contributed by atoms with van der Waals surface area (Å²) in [6.07, 6.45) is 12.9. The maximum absolute atomic E-state index is 12.6. The molecule has 3 heterocycles. The predicted octanol–water partition coefficient (Wildman–Crippen LogP) is 29.5. The molecule has 0 radical (unpaired) electrons. The number of aromatic nitrogens is 12. The van der Waals surface area contributed by atoms with Crippen molar-refractivity contribution in [3.05, 3.63) is 459 Å². The van der Waals surface area contributed by atoms with Gasteiger partial charge in [0.15, 0.2) is 0 Å². The van der Waals surface area contributed by atoms with E-state index in [4.69, 9.17) is 49.3 Å². The molecule has 0 spiro atoms. The van der Waals surface area contributed by atoms with Crippen LogP contribution >= 0.6 is 0 Å². The molecule has 12 bridgehead atoms. The Kier molecular flexibility index (Phi) is 31.0. The number of aryl methyl sites for hydroxylation is 8. The molecule has 0 atom stereocenters. The lowest BCUT2D eigenvalue weighted by Gasteiger charge is -2.11. The van der Waals surface area contributed by atoms with Crippen LogP contribution in [0.4, 0.5) is 0 Å². The minimum absolute atomic E-state index is 0.0363. The van der Waals surface area contributed by atoms with Crippen molar-refractivity contribution in [1.29, 1.82) is 0 Å². The average Bonchev–Trinajstić information content (AvgIpc) is 0.763. The van der Waals surface area contributed by atoms with Crippen LogP contribution in [0.25, 0.3) is 177 Å². The number of para-hydroxylation sites is 4. The average molecular weight is 1910 g/mol. The second-order valence-corrected chi connectivity index (χ2v) is 34.9. The number of phenolic OH excluding ortho intramolecular Hbond substituents is 6. The molecular weight excluding hydrogens is 1810 g/mol. The molecule has 0 fully saturated rings. The molecule has 0 aliphatic heterocycles. The smallest absolute Gasteiger partial charge is 0.134 e. The van der Waals surface area contributed by atoms with Gasteiger partial charge in [-0.3, -0.25) is 39.9 Å². The first-order valence-electron chi connectivity index (χ1n) is 47.4. The largest absolute Gasteiger partial charge is 0.507 e. The van der Waals surface area contributed by atoms with Crippen LogP contribution in [-0.4, -0.2) is 105 Å². The Morgan fingerprint density at radius 3 is 0.514 bits per heavy atom. The maximum atomic E-state index is 12.6. The maximum Gasteiger partial charge on any atom is 0.134 e. The standard InChI is InChI=1S/C54H40N4O2.C46H36N4O4.C26H28N4O2/c1-35-31-41-49(37-19-7-3-8-20-37)55-45-27-15-17-29-47(45)57-51(39-23-11-5-12-24-39)43-33-36(2)34-44(54(43)60)52(40-25-13-6-14-26-40)58-48-30-18-16-28-46(48)56-50(42(32-35)53(41)59)38-21-9-4-10-22-38;1-53-39-23-35-27-47-41(31-15-7-3-8-16-31)43(33-19-11-5-12-20-33)49-29-37-25-40(54-2)26-38(46(37)52)30-50-44(34-21-13-6-14-22-34)42(32-17-9-4-10-18-32)48-28-36(24-39)45(35)51;1-15-7-21-11-27-17(3)19(5)29-13-23-9-16(2)10-24(26(23)32)14-30-20(6)18(4)28-12-22(8-15)25(21)31/h3-34,59-60H,1-2H3;3-30,51-52H,1-2H3;7-14,31-32H,1-6H3. The van der Waals surface area contributed by atoms with Gasteiger partial charge in [-0.25, -0.2) is 19.9 Å². The number of benzene rings is 16. The third kappa shape index (κ3) is 23.3. The number of rotatable bonds is 10. The lowest BCUT2D eigenvalue weighted by atomic mass is 9.99. The third-order valence-corrected chi connectivity index (χ3v) is 24.4. The van der Waals surface area contributed by atoms with Crippen molar-refractivity contribution >= 4 is 86.7 Å². The van der Waals surface area contributed by atoms with Gasteiger partial charge >= 0.3 is 0 Å². The van der Waals surface area contributed by atoms with Gasteiger partial charge in [-0.05, 0) is 175 Å². The fraction of sp³-hybridized carbons (Fsp3) is 0.0794. The summed E-state index contributed by atoms with van der Waals surface area (Å²) in [4.78, 5) is 59.3. The van der Waals surface area contributed by atoms with Crippen molar-refractivity contribution in [2.75, 3.05) is 14.2 Å². The molecule has 19 rings (SSSR count). The Morgan fingerprint density at radius 2 is 0.329 bits per heavy atom. The van der Waals surface area contributed by atoms with Gasteiger partial charge in [0.2, 0.25) is 0 Å². The van der Waals surface area contributed by atoms with E-state index < -0.39 is 0 Å². The van der Waals surface area contributed by atoms with Crippen molar-refractivity contribution in [3.8, 4) is 136 Å². The van der Waals surface area contributed by atoms with E-state index in [1.54, 1.807) is 88.1 Å². The number of nitrogens with zero attached hydrogens (tertiary/aromatic N) is 12. The normalized spacial score (nSPS) is 10.7. The lowest BCUT2D eigenvalue weighted by Crippen LogP contribution is -1.91. The fourth-order valence-electron chi connectivity index (χ4n) is 16.6. The van der Waals surface area contributed by atoms with Gasteiger partial charge < -0.3 is 40.1 Å². The number of ether oxygens (including phenoxy) is 2. The molecule has 0 amide bonds. The Labute approximate surface area is 845 Å². The highest BCUT2D eigenvalue weighted by Gasteiger charge is 2.20. The molecule has 0 aliphatic carbocycles. The highest BCUT2D eigenvalue weighted by atomic mass is 16.5. The summed E-state index contributed by atoms with van der Waals surface area (Å²) in [7, 11) is 3.14. The van der Waals surface area contributed by atoms with E-state index in [1.165, 1.54) is 0 Å². The molecule has 20 nitrogen and oxygen atoms in total. The van der Waals surface area contributed by atoms with Gasteiger partial charge in [0.05, 0.1) is 105 Å². The molecule has 0 aliphatic rings. The number of aromatic hydroxyl groups is 6. The van der Waals surface area contributed by atoms with E-state index in [2.05, 4.69) is 19.9 Å². The van der Waals surface area contributed by atoms with Crippen molar-refractivity contribution in [1.82, 2.24) is 59.8 Å².